The van der Waals surface area contributed by atoms with E-state index in [4.69, 9.17) is 0 Å². The number of hydrogen-bond donors (Lipinski definition) is 2. The Morgan fingerprint density at radius 3 is 2.19 bits per heavy atom. The zero-order valence-electron chi connectivity index (χ0n) is 16.7. The average molecular weight is 428 g/mol. The molecule has 3 aromatic carbocycles. The van der Waals surface area contributed by atoms with E-state index < -0.39 is 6.04 Å². The summed E-state index contributed by atoms with van der Waals surface area (Å²) in [4.78, 5) is 30.0. The molecule has 0 fully saturated rings. The number of anilines is 1. The van der Waals surface area contributed by atoms with Gasteiger partial charge in [0.05, 0.1) is 0 Å². The van der Waals surface area contributed by atoms with Crippen LogP contribution in [0.25, 0.3) is 10.6 Å². The Kier molecular flexibility index (Phi) is 6.50. The van der Waals surface area contributed by atoms with Crippen molar-refractivity contribution in [1.29, 1.82) is 0 Å². The van der Waals surface area contributed by atoms with Gasteiger partial charge in [0.2, 0.25) is 5.91 Å². The Hall–Kier alpha value is -3.77. The molecule has 2 N–H and O–H groups in total. The molecule has 0 radical (unpaired) electrons. The second kappa shape index (κ2) is 9.82. The highest BCUT2D eigenvalue weighted by Crippen LogP contribution is 2.23. The summed E-state index contributed by atoms with van der Waals surface area (Å²) in [6.45, 7) is 0. The summed E-state index contributed by atoms with van der Waals surface area (Å²) in [6.07, 6.45) is 2.15. The van der Waals surface area contributed by atoms with Crippen molar-refractivity contribution in [2.24, 2.45) is 0 Å². The van der Waals surface area contributed by atoms with E-state index >= 15 is 0 Å². The molecule has 31 heavy (non-hydrogen) atoms. The van der Waals surface area contributed by atoms with E-state index in [0.717, 1.165) is 16.1 Å². The fourth-order valence-corrected chi connectivity index (χ4v) is 3.83. The number of carbonyl (C=O) groups excluding carboxylic acids is 2. The van der Waals surface area contributed by atoms with Gasteiger partial charge >= 0.3 is 0 Å². The minimum atomic E-state index is -0.714. The van der Waals surface area contributed by atoms with Crippen LogP contribution < -0.4 is 10.6 Å². The average Bonchev–Trinajstić information content (AvgIpc) is 3.35. The number of nitrogens with one attached hydrogen (secondary N) is 2. The summed E-state index contributed by atoms with van der Waals surface area (Å²) in [5, 5.41) is 8.65. The molecular formula is C25H21N3O2S. The maximum absolute atomic E-state index is 13.1. The third kappa shape index (κ3) is 5.43. The van der Waals surface area contributed by atoms with E-state index in [0.29, 0.717) is 17.7 Å². The molecule has 2 amide bonds. The molecule has 1 aromatic heterocycles. The number of thiazole rings is 1. The topological polar surface area (TPSA) is 71.1 Å². The molecule has 1 atom stereocenters. The van der Waals surface area contributed by atoms with Crippen LogP contribution in [0.3, 0.4) is 0 Å². The first kappa shape index (κ1) is 20.5. The lowest BCUT2D eigenvalue weighted by atomic mass is 10.0. The first-order valence-corrected chi connectivity index (χ1v) is 10.8. The summed E-state index contributed by atoms with van der Waals surface area (Å²) in [5.41, 5.74) is 3.14. The van der Waals surface area contributed by atoms with E-state index in [2.05, 4.69) is 15.6 Å². The zero-order valence-corrected chi connectivity index (χ0v) is 17.5. The molecule has 1 heterocycles. The van der Waals surface area contributed by atoms with Gasteiger partial charge in [-0.05, 0) is 42.0 Å². The molecule has 0 aliphatic rings. The summed E-state index contributed by atoms with van der Waals surface area (Å²) in [5.74, 6) is -0.550. The first-order valence-electron chi connectivity index (χ1n) is 9.90. The molecule has 0 spiro atoms. The lowest BCUT2D eigenvalue weighted by Crippen LogP contribution is -2.45. The van der Waals surface area contributed by atoms with Crippen LogP contribution >= 0.6 is 11.3 Å². The van der Waals surface area contributed by atoms with Gasteiger partial charge in [0.1, 0.15) is 11.0 Å². The van der Waals surface area contributed by atoms with E-state index in [1.54, 1.807) is 41.8 Å². The largest absolute Gasteiger partial charge is 0.340 e. The summed E-state index contributed by atoms with van der Waals surface area (Å²) in [6, 6.07) is 25.3. The number of hydrogen-bond acceptors (Lipinski definition) is 4. The van der Waals surface area contributed by atoms with E-state index in [1.807, 2.05) is 66.0 Å². The molecule has 5 nitrogen and oxygen atoms in total. The van der Waals surface area contributed by atoms with Gasteiger partial charge in [-0.3, -0.25) is 9.59 Å². The smallest absolute Gasteiger partial charge is 0.251 e. The lowest BCUT2D eigenvalue weighted by Gasteiger charge is -2.19. The van der Waals surface area contributed by atoms with Gasteiger partial charge < -0.3 is 10.6 Å². The van der Waals surface area contributed by atoms with E-state index in [-0.39, 0.29) is 11.8 Å². The summed E-state index contributed by atoms with van der Waals surface area (Å²) < 4.78 is 0. The second-order valence-electron chi connectivity index (χ2n) is 6.99. The lowest BCUT2D eigenvalue weighted by molar-refractivity contribution is -0.118. The van der Waals surface area contributed by atoms with Gasteiger partial charge in [0.25, 0.3) is 5.91 Å². The molecule has 0 aliphatic carbocycles. The maximum atomic E-state index is 13.1. The molecule has 6 heteroatoms. The maximum Gasteiger partial charge on any atom is 0.251 e. The van der Waals surface area contributed by atoms with Crippen molar-refractivity contribution in [2.45, 2.75) is 12.5 Å². The van der Waals surface area contributed by atoms with Crippen LogP contribution in [0.5, 0.6) is 0 Å². The van der Waals surface area contributed by atoms with Gasteiger partial charge in [0.15, 0.2) is 0 Å². The van der Waals surface area contributed by atoms with Crippen molar-refractivity contribution in [2.75, 3.05) is 5.32 Å². The number of benzene rings is 3. The predicted molar refractivity (Wildman–Crippen MR) is 124 cm³/mol. The minimum absolute atomic E-state index is 0.268. The third-order valence-electron chi connectivity index (χ3n) is 4.77. The van der Waals surface area contributed by atoms with Crippen LogP contribution in [0, 0.1) is 0 Å². The molecule has 0 saturated carbocycles. The van der Waals surface area contributed by atoms with E-state index in [9.17, 15) is 9.59 Å². The van der Waals surface area contributed by atoms with Crippen LogP contribution in [0.1, 0.15) is 15.9 Å². The van der Waals surface area contributed by atoms with Crippen LogP contribution in [-0.2, 0) is 11.2 Å². The Balaban J connectivity index is 1.49. The van der Waals surface area contributed by atoms with Crippen LogP contribution in [0.15, 0.2) is 96.5 Å². The van der Waals surface area contributed by atoms with Crippen molar-refractivity contribution in [3.05, 3.63) is 108 Å². The second-order valence-corrected chi connectivity index (χ2v) is 7.88. The highest BCUT2D eigenvalue weighted by molar-refractivity contribution is 7.13. The minimum Gasteiger partial charge on any atom is -0.340 e. The Bertz CT molecular complexity index is 1130. The Labute approximate surface area is 184 Å². The fraction of sp³-hybridized carbons (Fsp3) is 0.0800. The summed E-state index contributed by atoms with van der Waals surface area (Å²) >= 11 is 1.56. The predicted octanol–water partition coefficient (Wildman–Crippen LogP) is 4.79. The zero-order chi connectivity index (χ0) is 21.5. The van der Waals surface area contributed by atoms with Gasteiger partial charge in [-0.1, -0.05) is 48.5 Å². The number of amides is 2. The molecule has 4 rings (SSSR count). The molecule has 154 valence electrons. The first-order chi connectivity index (χ1) is 15.2. The Morgan fingerprint density at radius 2 is 1.55 bits per heavy atom. The van der Waals surface area contributed by atoms with Gasteiger partial charge in [-0.25, -0.2) is 4.98 Å². The van der Waals surface area contributed by atoms with Crippen molar-refractivity contribution in [3.63, 3.8) is 0 Å². The quantitative estimate of drug-likeness (QED) is 0.445. The van der Waals surface area contributed by atoms with E-state index in [1.165, 1.54) is 0 Å². The number of rotatable bonds is 7. The highest BCUT2D eigenvalue weighted by Gasteiger charge is 2.22. The third-order valence-corrected chi connectivity index (χ3v) is 5.59. The monoisotopic (exact) mass is 427 g/mol. The number of carbonyl (C=O) groups is 2. The van der Waals surface area contributed by atoms with Crippen molar-refractivity contribution < 1.29 is 9.59 Å². The molecule has 0 bridgehead atoms. The Morgan fingerprint density at radius 1 is 0.871 bits per heavy atom. The molecule has 4 aromatic rings. The fourth-order valence-electron chi connectivity index (χ4n) is 3.18. The molecular weight excluding hydrogens is 406 g/mol. The van der Waals surface area contributed by atoms with Gasteiger partial charge in [-0.2, -0.15) is 0 Å². The molecule has 0 aliphatic heterocycles. The van der Waals surface area contributed by atoms with Crippen molar-refractivity contribution in [1.82, 2.24) is 10.3 Å². The molecule has 1 unspecified atom stereocenters. The normalized spacial score (nSPS) is 11.5. The van der Waals surface area contributed by atoms with Gasteiger partial charge in [-0.15, -0.1) is 11.3 Å². The van der Waals surface area contributed by atoms with Gasteiger partial charge in [0, 0.05) is 34.8 Å². The number of nitrogens with zero attached hydrogens (tertiary/aromatic N) is 1. The van der Waals surface area contributed by atoms with Crippen molar-refractivity contribution >= 4 is 28.8 Å². The SMILES string of the molecule is O=C(NC(Cc1ccccc1)C(=O)Nc1ccc(-c2nccs2)cc1)c1ccccc1. The van der Waals surface area contributed by atoms with Crippen LogP contribution in [0.4, 0.5) is 5.69 Å². The number of aromatic nitrogens is 1. The van der Waals surface area contributed by atoms with Crippen LogP contribution in [-0.4, -0.2) is 22.8 Å². The van der Waals surface area contributed by atoms with Crippen LogP contribution in [0.2, 0.25) is 0 Å². The summed E-state index contributed by atoms with van der Waals surface area (Å²) in [7, 11) is 0. The highest BCUT2D eigenvalue weighted by atomic mass is 32.1. The standard InChI is InChI=1S/C25H21N3O2S/c29-23(19-9-5-2-6-10-19)28-22(17-18-7-3-1-4-8-18)24(30)27-21-13-11-20(12-14-21)25-26-15-16-31-25/h1-16,22H,17H2,(H,27,30)(H,28,29). The molecule has 0 saturated heterocycles. The van der Waals surface area contributed by atoms with Crippen molar-refractivity contribution in [3.8, 4) is 10.6 Å².